The van der Waals surface area contributed by atoms with Crippen LogP contribution in [0.25, 0.3) is 0 Å². The van der Waals surface area contributed by atoms with Crippen molar-refractivity contribution in [2.45, 2.75) is 60.3 Å². The van der Waals surface area contributed by atoms with Crippen LogP contribution < -0.4 is 4.74 Å². The zero-order valence-electron chi connectivity index (χ0n) is 17.0. The molecule has 2 nitrogen and oxygen atoms in total. The SMILES string of the molecule is CC(C)(C)C#CCN1CCC(c2ccc(OCC(C)(C)C)cc2)CC1. The fourth-order valence-corrected chi connectivity index (χ4v) is 2.98. The Morgan fingerprint density at radius 3 is 2.12 bits per heavy atom. The third-order valence-corrected chi connectivity index (χ3v) is 4.38. The standard InChI is InChI=1S/C23H35NO/c1-22(2,3)14-7-15-24-16-12-20(13-17-24)19-8-10-21(11-9-19)25-18-23(4,5)6/h8-11,20H,12-13,15-18H2,1-6H3. The first-order chi connectivity index (χ1) is 11.6. The van der Waals surface area contributed by atoms with Crippen molar-refractivity contribution in [1.82, 2.24) is 4.90 Å². The fraction of sp³-hybridized carbons (Fsp3) is 0.652. The number of benzene rings is 1. The van der Waals surface area contributed by atoms with E-state index in [9.17, 15) is 0 Å². The van der Waals surface area contributed by atoms with E-state index < -0.39 is 0 Å². The molecular weight excluding hydrogens is 306 g/mol. The van der Waals surface area contributed by atoms with E-state index in [1.165, 1.54) is 18.4 Å². The zero-order chi connectivity index (χ0) is 18.5. The molecule has 0 unspecified atom stereocenters. The van der Waals surface area contributed by atoms with Gasteiger partial charge in [-0.05, 0) is 75.7 Å². The summed E-state index contributed by atoms with van der Waals surface area (Å²) in [6.45, 7) is 17.0. The Morgan fingerprint density at radius 2 is 1.60 bits per heavy atom. The van der Waals surface area contributed by atoms with Crippen LogP contribution in [0, 0.1) is 22.7 Å². The molecule has 0 aliphatic carbocycles. The Balaban J connectivity index is 1.81. The number of likely N-dealkylation sites (tertiary alicyclic amines) is 1. The largest absolute Gasteiger partial charge is 0.493 e. The lowest BCUT2D eigenvalue weighted by molar-refractivity contribution is 0.197. The first kappa shape index (κ1) is 19.9. The van der Waals surface area contributed by atoms with Crippen LogP contribution >= 0.6 is 0 Å². The second-order valence-corrected chi connectivity index (χ2v) is 9.52. The molecule has 0 N–H and O–H groups in total. The molecule has 0 aromatic heterocycles. The van der Waals surface area contributed by atoms with Crippen molar-refractivity contribution < 1.29 is 4.74 Å². The van der Waals surface area contributed by atoms with Gasteiger partial charge in [-0.3, -0.25) is 4.90 Å². The normalized spacial score (nSPS) is 17.0. The van der Waals surface area contributed by atoms with E-state index in [1.807, 2.05) is 0 Å². The molecular formula is C23H35NO. The average molecular weight is 342 g/mol. The number of rotatable bonds is 4. The molecule has 1 saturated heterocycles. The van der Waals surface area contributed by atoms with Crippen LogP contribution in [0.15, 0.2) is 24.3 Å². The number of hydrogen-bond acceptors (Lipinski definition) is 2. The topological polar surface area (TPSA) is 12.5 Å². The third-order valence-electron chi connectivity index (χ3n) is 4.38. The minimum absolute atomic E-state index is 0.106. The van der Waals surface area contributed by atoms with Gasteiger partial charge in [-0.15, -0.1) is 0 Å². The van der Waals surface area contributed by atoms with Crippen LogP contribution in [0.2, 0.25) is 0 Å². The maximum Gasteiger partial charge on any atom is 0.119 e. The Hall–Kier alpha value is -1.46. The highest BCUT2D eigenvalue weighted by Crippen LogP contribution is 2.29. The maximum absolute atomic E-state index is 5.88. The summed E-state index contributed by atoms with van der Waals surface area (Å²) in [4.78, 5) is 2.48. The summed E-state index contributed by atoms with van der Waals surface area (Å²) >= 11 is 0. The molecule has 25 heavy (non-hydrogen) atoms. The molecule has 2 heteroatoms. The van der Waals surface area contributed by atoms with Gasteiger partial charge < -0.3 is 4.74 Å². The van der Waals surface area contributed by atoms with Crippen molar-refractivity contribution >= 4 is 0 Å². The molecule has 0 atom stereocenters. The highest BCUT2D eigenvalue weighted by Gasteiger charge is 2.20. The van der Waals surface area contributed by atoms with Gasteiger partial charge in [-0.25, -0.2) is 0 Å². The number of hydrogen-bond donors (Lipinski definition) is 0. The van der Waals surface area contributed by atoms with E-state index in [0.717, 1.165) is 32.0 Å². The molecule has 1 fully saturated rings. The second-order valence-electron chi connectivity index (χ2n) is 9.52. The molecule has 0 amide bonds. The predicted molar refractivity (Wildman–Crippen MR) is 107 cm³/mol. The lowest BCUT2D eigenvalue weighted by atomic mass is 9.89. The zero-order valence-corrected chi connectivity index (χ0v) is 17.0. The molecule has 1 heterocycles. The van der Waals surface area contributed by atoms with E-state index in [-0.39, 0.29) is 10.8 Å². The van der Waals surface area contributed by atoms with E-state index in [4.69, 9.17) is 4.74 Å². The molecule has 0 bridgehead atoms. The van der Waals surface area contributed by atoms with Crippen molar-refractivity contribution in [2.24, 2.45) is 10.8 Å². The lowest BCUT2D eigenvalue weighted by Crippen LogP contribution is -2.33. The minimum Gasteiger partial charge on any atom is -0.493 e. The Labute approximate surface area is 155 Å². The number of piperidine rings is 1. The van der Waals surface area contributed by atoms with Gasteiger partial charge in [0.25, 0.3) is 0 Å². The van der Waals surface area contributed by atoms with Crippen LogP contribution in [0.1, 0.15) is 65.9 Å². The van der Waals surface area contributed by atoms with Gasteiger partial charge in [-0.2, -0.15) is 0 Å². The molecule has 138 valence electrons. The summed E-state index contributed by atoms with van der Waals surface area (Å²) in [5, 5.41) is 0. The molecule has 0 radical (unpaired) electrons. The lowest BCUT2D eigenvalue weighted by Gasteiger charge is -2.31. The summed E-state index contributed by atoms with van der Waals surface area (Å²) < 4.78 is 5.88. The highest BCUT2D eigenvalue weighted by molar-refractivity contribution is 5.30. The van der Waals surface area contributed by atoms with Gasteiger partial charge in [0, 0.05) is 5.41 Å². The molecule has 0 saturated carbocycles. The smallest absolute Gasteiger partial charge is 0.119 e. The van der Waals surface area contributed by atoms with E-state index in [0.29, 0.717) is 5.92 Å². The summed E-state index contributed by atoms with van der Waals surface area (Å²) in [7, 11) is 0. The molecule has 0 spiro atoms. The monoisotopic (exact) mass is 341 g/mol. The highest BCUT2D eigenvalue weighted by atomic mass is 16.5. The van der Waals surface area contributed by atoms with Crippen molar-refractivity contribution in [3.8, 4) is 17.6 Å². The predicted octanol–water partition coefficient (Wildman–Crippen LogP) is 5.34. The van der Waals surface area contributed by atoms with Gasteiger partial charge in [0.1, 0.15) is 5.75 Å². The molecule has 1 aliphatic rings. The van der Waals surface area contributed by atoms with E-state index in [1.54, 1.807) is 0 Å². The fourth-order valence-electron chi connectivity index (χ4n) is 2.98. The number of ether oxygens (including phenoxy) is 1. The number of nitrogens with zero attached hydrogens (tertiary/aromatic N) is 1. The second kappa shape index (κ2) is 8.28. The van der Waals surface area contributed by atoms with Crippen LogP contribution in [0.4, 0.5) is 0 Å². The summed E-state index contributed by atoms with van der Waals surface area (Å²) in [5.41, 5.74) is 1.75. The Morgan fingerprint density at radius 1 is 1.00 bits per heavy atom. The van der Waals surface area contributed by atoms with Gasteiger partial charge in [-0.1, -0.05) is 44.7 Å². The average Bonchev–Trinajstić information content (AvgIpc) is 2.52. The summed E-state index contributed by atoms with van der Waals surface area (Å²) in [6, 6.07) is 8.75. The van der Waals surface area contributed by atoms with Gasteiger partial charge in [0.15, 0.2) is 0 Å². The van der Waals surface area contributed by atoms with E-state index in [2.05, 4.69) is 82.5 Å². The summed E-state index contributed by atoms with van der Waals surface area (Å²) in [6.07, 6.45) is 2.44. The van der Waals surface area contributed by atoms with Crippen LogP contribution in [0.5, 0.6) is 5.75 Å². The quantitative estimate of drug-likeness (QED) is 0.685. The van der Waals surface area contributed by atoms with Crippen molar-refractivity contribution in [2.75, 3.05) is 26.2 Å². The van der Waals surface area contributed by atoms with Gasteiger partial charge in [0.2, 0.25) is 0 Å². The molecule has 1 aromatic rings. The molecule has 1 aromatic carbocycles. The van der Waals surface area contributed by atoms with Crippen LogP contribution in [-0.4, -0.2) is 31.1 Å². The minimum atomic E-state index is 0.106. The Kier molecular flexibility index (Phi) is 6.58. The molecule has 1 aliphatic heterocycles. The van der Waals surface area contributed by atoms with Gasteiger partial charge >= 0.3 is 0 Å². The van der Waals surface area contributed by atoms with Crippen molar-refractivity contribution in [3.05, 3.63) is 29.8 Å². The Bertz CT molecular complexity index is 584. The van der Waals surface area contributed by atoms with Crippen molar-refractivity contribution in [1.29, 1.82) is 0 Å². The van der Waals surface area contributed by atoms with Crippen LogP contribution in [0.3, 0.4) is 0 Å². The van der Waals surface area contributed by atoms with E-state index >= 15 is 0 Å². The third kappa shape index (κ3) is 7.53. The van der Waals surface area contributed by atoms with Gasteiger partial charge in [0.05, 0.1) is 13.2 Å². The van der Waals surface area contributed by atoms with Crippen LogP contribution in [-0.2, 0) is 0 Å². The first-order valence-corrected chi connectivity index (χ1v) is 9.58. The molecule has 2 rings (SSSR count). The summed E-state index contributed by atoms with van der Waals surface area (Å²) in [5.74, 6) is 8.33. The van der Waals surface area contributed by atoms with Crippen molar-refractivity contribution in [3.63, 3.8) is 0 Å². The maximum atomic E-state index is 5.88. The first-order valence-electron chi connectivity index (χ1n) is 9.58.